The maximum absolute atomic E-state index is 14.0. The third-order valence-electron chi connectivity index (χ3n) is 9.56. The number of Topliss-reactive ketones (excluding diaryl/α,β-unsaturated/α-hetero) is 1. The molecule has 3 fully saturated rings. The average Bonchev–Trinajstić information content (AvgIpc) is 2.80. The van der Waals surface area contributed by atoms with Crippen LogP contribution in [-0.4, -0.2) is 74.9 Å². The monoisotopic (exact) mass is 713 g/mol. The van der Waals surface area contributed by atoms with Crippen LogP contribution in [-0.2, 0) is 14.3 Å². The topological polar surface area (TPSA) is 134 Å². The number of hydrogen-bond donors (Lipinski definition) is 4. The molecular weight excluding hydrogens is 679 g/mol. The molecule has 8 nitrogen and oxygen atoms in total. The largest absolute Gasteiger partial charge is 0.455 e. The van der Waals surface area contributed by atoms with Crippen molar-refractivity contribution >= 4 is 11.8 Å². The number of ketones is 1. The van der Waals surface area contributed by atoms with E-state index in [0.717, 1.165) is 0 Å². The fourth-order valence-electron chi connectivity index (χ4n) is 7.21. The van der Waals surface area contributed by atoms with Crippen molar-refractivity contribution in [3.63, 3.8) is 0 Å². The Labute approximate surface area is 246 Å². The minimum atomic E-state index is -1.84. The van der Waals surface area contributed by atoms with Gasteiger partial charge in [0.05, 0.1) is 35.9 Å². The maximum Gasteiger partial charge on any atom is 0.338 e. The number of esters is 1. The Morgan fingerprint density at radius 2 is 1.75 bits per heavy atom. The second kappa shape index (κ2) is 9.52. The van der Waals surface area contributed by atoms with E-state index in [4.69, 9.17) is 9.47 Å². The van der Waals surface area contributed by atoms with E-state index in [2.05, 4.69) is 0 Å². The number of fused-ring (bicyclic) bond motifs is 5. The van der Waals surface area contributed by atoms with Crippen molar-refractivity contribution in [2.45, 2.75) is 76.7 Å². The number of aliphatic hydroxyl groups excluding tert-OH is 3. The van der Waals surface area contributed by atoms with Gasteiger partial charge in [0.25, 0.3) is 0 Å². The number of rotatable bonds is 2. The second-order valence-corrected chi connectivity index (χ2v) is 11.4. The van der Waals surface area contributed by atoms with E-state index >= 15 is 0 Å². The van der Waals surface area contributed by atoms with Crippen LogP contribution in [0.2, 0.25) is 0 Å². The van der Waals surface area contributed by atoms with Gasteiger partial charge in [-0.1, -0.05) is 32.0 Å². The molecule has 1 radical (unpaired) electrons. The second-order valence-electron chi connectivity index (χ2n) is 11.4. The Morgan fingerprint density at radius 1 is 1.11 bits per heavy atom. The van der Waals surface area contributed by atoms with Crippen LogP contribution in [0.1, 0.15) is 50.9 Å². The third-order valence-corrected chi connectivity index (χ3v) is 9.56. The molecule has 1 aliphatic heterocycles. The fraction of sp³-hybridized carbons (Fsp3) is 0.630. The van der Waals surface area contributed by atoms with Crippen LogP contribution in [0, 0.1) is 66.7 Å². The van der Waals surface area contributed by atoms with Crippen molar-refractivity contribution in [1.82, 2.24) is 0 Å². The van der Waals surface area contributed by atoms with E-state index in [-0.39, 0.29) is 86.7 Å². The molecule has 0 unspecified atom stereocenters. The number of ether oxygens (including phenoxy) is 2. The summed E-state index contributed by atoms with van der Waals surface area (Å²) in [5, 5.41) is 46.0. The van der Waals surface area contributed by atoms with Gasteiger partial charge < -0.3 is 29.9 Å². The smallest absolute Gasteiger partial charge is 0.338 e. The zero-order chi connectivity index (χ0) is 25.5. The number of carbonyl (C=O) groups is 2. The molecule has 3 aliphatic carbocycles. The summed E-state index contributed by atoms with van der Waals surface area (Å²) in [6.45, 7) is 6.91. The number of benzene rings is 1. The molecule has 9 atom stereocenters. The summed E-state index contributed by atoms with van der Waals surface area (Å²) in [4.78, 5) is 27.3. The van der Waals surface area contributed by atoms with Crippen LogP contribution in [0.3, 0.4) is 0 Å². The van der Waals surface area contributed by atoms with Crippen molar-refractivity contribution in [3.05, 3.63) is 47.0 Å². The number of carbonyl (C=O) groups excluding carboxylic acids is 2. The zero-order valence-corrected chi connectivity index (χ0v) is 25.8. The molecule has 1 saturated heterocycles. The fourth-order valence-corrected chi connectivity index (χ4v) is 7.21. The molecule has 0 amide bonds. The van der Waals surface area contributed by atoms with Gasteiger partial charge in [0.2, 0.25) is 0 Å². The average molecular weight is 714 g/mol. The van der Waals surface area contributed by atoms with Crippen LogP contribution in [0.4, 0.5) is 0 Å². The van der Waals surface area contributed by atoms with Crippen molar-refractivity contribution in [1.29, 1.82) is 0 Å². The first-order valence-electron chi connectivity index (χ1n) is 12.2. The summed E-state index contributed by atoms with van der Waals surface area (Å²) in [6, 6.07) is 8.37. The van der Waals surface area contributed by atoms with E-state index in [1.54, 1.807) is 58.0 Å². The van der Waals surface area contributed by atoms with Gasteiger partial charge in [-0.2, -0.15) is 0 Å². The quantitative estimate of drug-likeness (QED) is 0.267. The van der Waals surface area contributed by atoms with Gasteiger partial charge >= 0.3 is 5.97 Å². The van der Waals surface area contributed by atoms with Crippen LogP contribution >= 0.6 is 0 Å². The molecule has 1 aromatic carbocycles. The normalized spacial score (nSPS) is 43.1. The van der Waals surface area contributed by atoms with E-state index in [1.807, 2.05) is 0 Å². The SMILES string of the molecule is CC1=C2[C@@H](O)C(=O)[C@@]3(C)[C@@H]([C@@H]4CO[C@@H]4C[C@@H]3O)[C@H](OC(=O)c3ccccc3)[C@](O)(C[C@@H]1O)C2(C)C.[Ac]. The van der Waals surface area contributed by atoms with Crippen LogP contribution in [0.25, 0.3) is 0 Å². The summed E-state index contributed by atoms with van der Waals surface area (Å²) < 4.78 is 11.8. The molecular formula is C27H34AcO8. The van der Waals surface area contributed by atoms with Gasteiger partial charge in [-0.15, -0.1) is 0 Å². The molecule has 1 aromatic rings. The molecule has 36 heavy (non-hydrogen) atoms. The molecule has 5 rings (SSSR count). The summed E-state index contributed by atoms with van der Waals surface area (Å²) in [5.74, 6) is -2.38. The number of hydrogen-bond acceptors (Lipinski definition) is 8. The van der Waals surface area contributed by atoms with Crippen molar-refractivity contribution in [2.24, 2.45) is 22.7 Å². The first kappa shape index (κ1) is 28.4. The van der Waals surface area contributed by atoms with E-state index < -0.39 is 58.5 Å². The first-order chi connectivity index (χ1) is 16.4. The van der Waals surface area contributed by atoms with Gasteiger partial charge in [0, 0.05) is 74.2 Å². The molecule has 4 N–H and O–H groups in total. The summed E-state index contributed by atoms with van der Waals surface area (Å²) >= 11 is 0. The zero-order valence-electron chi connectivity index (χ0n) is 21.0. The van der Waals surface area contributed by atoms with E-state index in [9.17, 15) is 30.0 Å². The molecule has 4 aliphatic rings. The first-order valence-corrected chi connectivity index (χ1v) is 12.2. The summed E-state index contributed by atoms with van der Waals surface area (Å²) in [6.07, 6.45) is -5.50. The predicted octanol–water partition coefficient (Wildman–Crippen LogP) is 1.40. The predicted molar refractivity (Wildman–Crippen MR) is 124 cm³/mol. The molecule has 0 aromatic heterocycles. The van der Waals surface area contributed by atoms with Crippen LogP contribution in [0.5, 0.6) is 0 Å². The summed E-state index contributed by atoms with van der Waals surface area (Å²) in [5.41, 5.74) is -3.67. The van der Waals surface area contributed by atoms with Gasteiger partial charge in [-0.05, 0) is 37.1 Å². The molecule has 1 heterocycles. The molecule has 2 saturated carbocycles. The minimum absolute atomic E-state index is 0. The Morgan fingerprint density at radius 3 is 2.33 bits per heavy atom. The Balaban J connectivity index is 0.00000304. The molecule has 2 bridgehead atoms. The molecule has 0 spiro atoms. The standard InChI is InChI=1S/C27H34O8.Ac/c1-13-16(28)11-27(33)23(35-24(32)14-8-6-5-7-9-14)20-15-12-34-17(15)10-18(29)26(20,4)22(31)21(30)19(13)25(27,2)3;/h5-9,15-18,20-21,23,28-30,33H,10-12H2,1-4H3;/t15-,16+,17-,18+,20+,21-,23+,26-,27-;/m1./s1. The summed E-state index contributed by atoms with van der Waals surface area (Å²) in [7, 11) is 0. The van der Waals surface area contributed by atoms with Crippen molar-refractivity contribution in [3.8, 4) is 0 Å². The minimum Gasteiger partial charge on any atom is -0.455 e. The van der Waals surface area contributed by atoms with Crippen LogP contribution in [0.15, 0.2) is 41.5 Å². The van der Waals surface area contributed by atoms with Gasteiger partial charge in [0.15, 0.2) is 5.78 Å². The van der Waals surface area contributed by atoms with Crippen LogP contribution < -0.4 is 0 Å². The van der Waals surface area contributed by atoms with Gasteiger partial charge in [-0.25, -0.2) is 4.79 Å². The Kier molecular flexibility index (Phi) is 7.49. The third kappa shape index (κ3) is 3.76. The maximum atomic E-state index is 14.0. The van der Waals surface area contributed by atoms with E-state index in [1.165, 1.54) is 0 Å². The van der Waals surface area contributed by atoms with Crippen molar-refractivity contribution in [2.75, 3.05) is 6.61 Å². The number of aliphatic hydroxyl groups is 4. The Hall–Kier alpha value is -0.658. The molecule has 193 valence electrons. The molecule has 9 heteroatoms. The van der Waals surface area contributed by atoms with Gasteiger partial charge in [-0.3, -0.25) is 4.79 Å². The Bertz CT molecular complexity index is 1090. The van der Waals surface area contributed by atoms with E-state index in [0.29, 0.717) is 5.57 Å². The van der Waals surface area contributed by atoms with Crippen molar-refractivity contribution < 1.29 is 83.6 Å². The van der Waals surface area contributed by atoms with Gasteiger partial charge in [0.1, 0.15) is 17.8 Å².